The Bertz CT molecular complexity index is 1190. The smallest absolute Gasteiger partial charge is 0.412 e. The van der Waals surface area contributed by atoms with E-state index in [0.29, 0.717) is 36.7 Å². The highest BCUT2D eigenvalue weighted by Crippen LogP contribution is 2.35. The van der Waals surface area contributed by atoms with Crippen LogP contribution in [0.3, 0.4) is 0 Å². The van der Waals surface area contributed by atoms with E-state index in [-0.39, 0.29) is 36.6 Å². The lowest BCUT2D eigenvalue weighted by atomic mass is 9.85. The minimum atomic E-state index is -0.702. The van der Waals surface area contributed by atoms with Crippen LogP contribution in [0.2, 0.25) is 0 Å². The summed E-state index contributed by atoms with van der Waals surface area (Å²) in [6, 6.07) is 10.9. The number of ether oxygens (including phenoxy) is 6. The molecule has 0 bridgehead atoms. The van der Waals surface area contributed by atoms with Crippen LogP contribution in [-0.2, 0) is 27.1 Å². The van der Waals surface area contributed by atoms with E-state index in [0.717, 1.165) is 11.1 Å². The standard InChI is InChI=1S/C29H38N2O9/c1-29(2,3)40-28(34)31-12-11-30-27(33)39-23-10-8-19(16-25(23)37-6)14-21-20(17-38-26(21)32)13-18-7-9-22(35-4)24(15-18)36-5/h7-10,15-16,20-21H,11-14,17H2,1-6H3,(H,30,33)(H,31,34)/t20-,21+/m0/s1. The summed E-state index contributed by atoms with van der Waals surface area (Å²) in [6.07, 6.45) is -0.197. The predicted octanol–water partition coefficient (Wildman–Crippen LogP) is 3.90. The summed E-state index contributed by atoms with van der Waals surface area (Å²) in [5.74, 6) is 1.23. The highest BCUT2D eigenvalue weighted by Gasteiger charge is 2.37. The highest BCUT2D eigenvalue weighted by atomic mass is 16.6. The molecule has 1 saturated heterocycles. The molecule has 1 aliphatic heterocycles. The summed E-state index contributed by atoms with van der Waals surface area (Å²) in [5, 5.41) is 5.11. The van der Waals surface area contributed by atoms with Gasteiger partial charge in [-0.1, -0.05) is 12.1 Å². The third-order valence-electron chi connectivity index (χ3n) is 6.21. The average molecular weight is 559 g/mol. The van der Waals surface area contributed by atoms with Crippen LogP contribution in [0.15, 0.2) is 36.4 Å². The molecule has 2 N–H and O–H groups in total. The van der Waals surface area contributed by atoms with Crippen LogP contribution in [0.4, 0.5) is 9.59 Å². The molecule has 2 aromatic rings. The Morgan fingerprint density at radius 3 is 1.98 bits per heavy atom. The fourth-order valence-corrected chi connectivity index (χ4v) is 4.32. The number of carbonyl (C=O) groups is 3. The molecule has 1 aliphatic rings. The van der Waals surface area contributed by atoms with Crippen molar-refractivity contribution in [3.8, 4) is 23.0 Å². The van der Waals surface area contributed by atoms with Crippen LogP contribution in [-0.4, -0.2) is 64.8 Å². The molecule has 2 atom stereocenters. The van der Waals surface area contributed by atoms with Crippen LogP contribution >= 0.6 is 0 Å². The molecule has 218 valence electrons. The van der Waals surface area contributed by atoms with E-state index < -0.39 is 17.8 Å². The lowest BCUT2D eigenvalue weighted by Crippen LogP contribution is -2.38. The first-order valence-corrected chi connectivity index (χ1v) is 13.0. The number of hydrogen-bond acceptors (Lipinski definition) is 9. The number of nitrogens with one attached hydrogen (secondary N) is 2. The second-order valence-electron chi connectivity index (χ2n) is 10.3. The van der Waals surface area contributed by atoms with Crippen LogP contribution in [0, 0.1) is 11.8 Å². The van der Waals surface area contributed by atoms with Crippen molar-refractivity contribution in [2.75, 3.05) is 41.0 Å². The first-order valence-electron chi connectivity index (χ1n) is 13.0. The molecule has 40 heavy (non-hydrogen) atoms. The van der Waals surface area contributed by atoms with E-state index in [1.807, 2.05) is 18.2 Å². The molecule has 0 aliphatic carbocycles. The summed E-state index contributed by atoms with van der Waals surface area (Å²) < 4.78 is 32.1. The molecule has 2 aromatic carbocycles. The topological polar surface area (TPSA) is 131 Å². The molecule has 11 heteroatoms. The van der Waals surface area contributed by atoms with E-state index in [1.165, 1.54) is 7.11 Å². The summed E-state index contributed by atoms with van der Waals surface area (Å²) >= 11 is 0. The van der Waals surface area contributed by atoms with Crippen molar-refractivity contribution in [2.45, 2.75) is 39.2 Å². The lowest BCUT2D eigenvalue weighted by Gasteiger charge is -2.19. The molecule has 2 amide bonds. The average Bonchev–Trinajstić information content (AvgIpc) is 3.24. The SMILES string of the molecule is COc1ccc(C[C@H]2COC(=O)[C@@H]2Cc2ccc(OC(=O)NCCNC(=O)OC(C)(C)C)c(OC)c2)cc1OC. The predicted molar refractivity (Wildman–Crippen MR) is 146 cm³/mol. The van der Waals surface area contributed by atoms with Gasteiger partial charge >= 0.3 is 18.2 Å². The molecule has 3 rings (SSSR count). The van der Waals surface area contributed by atoms with Gasteiger partial charge in [0.25, 0.3) is 0 Å². The van der Waals surface area contributed by atoms with E-state index in [4.69, 9.17) is 28.4 Å². The summed E-state index contributed by atoms with van der Waals surface area (Å²) in [4.78, 5) is 36.5. The van der Waals surface area contributed by atoms with Crippen LogP contribution in [0.1, 0.15) is 31.9 Å². The molecule has 1 heterocycles. The molecule has 0 aromatic heterocycles. The van der Waals surface area contributed by atoms with Crippen molar-refractivity contribution in [1.29, 1.82) is 0 Å². The van der Waals surface area contributed by atoms with Crippen molar-refractivity contribution >= 4 is 18.2 Å². The normalized spacial score (nSPS) is 16.5. The van der Waals surface area contributed by atoms with Gasteiger partial charge in [0.1, 0.15) is 5.60 Å². The fourth-order valence-electron chi connectivity index (χ4n) is 4.32. The molecule has 0 radical (unpaired) electrons. The van der Waals surface area contributed by atoms with Crippen LogP contribution in [0.25, 0.3) is 0 Å². The molecule has 0 saturated carbocycles. The maximum absolute atomic E-state index is 12.6. The maximum atomic E-state index is 12.6. The highest BCUT2D eigenvalue weighted by molar-refractivity contribution is 5.75. The number of esters is 1. The summed E-state index contributed by atoms with van der Waals surface area (Å²) in [5.41, 5.74) is 1.25. The Morgan fingerprint density at radius 2 is 1.38 bits per heavy atom. The summed E-state index contributed by atoms with van der Waals surface area (Å²) in [6.45, 7) is 5.93. The van der Waals surface area contributed by atoms with E-state index in [2.05, 4.69) is 10.6 Å². The van der Waals surface area contributed by atoms with Crippen molar-refractivity contribution < 1.29 is 42.8 Å². The van der Waals surface area contributed by atoms with Crippen LogP contribution < -0.4 is 29.6 Å². The maximum Gasteiger partial charge on any atom is 0.412 e. The van der Waals surface area contributed by atoms with Gasteiger partial charge in [-0.3, -0.25) is 4.79 Å². The van der Waals surface area contributed by atoms with Gasteiger partial charge in [-0.2, -0.15) is 0 Å². The number of carbonyl (C=O) groups excluding carboxylic acids is 3. The van der Waals surface area contributed by atoms with E-state index in [9.17, 15) is 14.4 Å². The molecule has 0 unspecified atom stereocenters. The van der Waals surface area contributed by atoms with Gasteiger partial charge in [-0.15, -0.1) is 0 Å². The summed E-state index contributed by atoms with van der Waals surface area (Å²) in [7, 11) is 4.64. The Kier molecular flexibility index (Phi) is 10.5. The van der Waals surface area contributed by atoms with Gasteiger partial charge in [-0.05, 0) is 69.0 Å². The van der Waals surface area contributed by atoms with Crippen molar-refractivity contribution in [3.05, 3.63) is 47.5 Å². The number of cyclic esters (lactones) is 1. The van der Waals surface area contributed by atoms with Crippen molar-refractivity contribution in [1.82, 2.24) is 10.6 Å². The number of hydrogen-bond donors (Lipinski definition) is 2. The lowest BCUT2D eigenvalue weighted by molar-refractivity contribution is -0.141. The Balaban J connectivity index is 1.57. The van der Waals surface area contributed by atoms with Gasteiger partial charge in [0, 0.05) is 19.0 Å². The molecule has 1 fully saturated rings. The quantitative estimate of drug-likeness (QED) is 0.311. The fraction of sp³-hybridized carbons (Fsp3) is 0.483. The Morgan fingerprint density at radius 1 is 0.825 bits per heavy atom. The van der Waals surface area contributed by atoms with Gasteiger partial charge in [0.2, 0.25) is 0 Å². The first kappa shape index (κ1) is 30.4. The zero-order valence-corrected chi connectivity index (χ0v) is 23.8. The number of amides is 2. The second kappa shape index (κ2) is 13.8. The minimum Gasteiger partial charge on any atom is -0.493 e. The second-order valence-corrected chi connectivity index (χ2v) is 10.3. The molecular formula is C29H38N2O9. The van der Waals surface area contributed by atoms with Crippen LogP contribution in [0.5, 0.6) is 23.0 Å². The van der Waals surface area contributed by atoms with Gasteiger partial charge in [-0.25, -0.2) is 9.59 Å². The minimum absolute atomic E-state index is 0.0208. The van der Waals surface area contributed by atoms with E-state index >= 15 is 0 Å². The third-order valence-corrected chi connectivity index (χ3v) is 6.21. The Labute approximate surface area is 234 Å². The number of benzene rings is 2. The number of rotatable bonds is 11. The molecular weight excluding hydrogens is 520 g/mol. The third kappa shape index (κ3) is 8.69. The van der Waals surface area contributed by atoms with Crippen molar-refractivity contribution in [3.63, 3.8) is 0 Å². The van der Waals surface area contributed by atoms with Gasteiger partial charge < -0.3 is 39.1 Å². The van der Waals surface area contributed by atoms with E-state index in [1.54, 1.807) is 53.2 Å². The zero-order chi connectivity index (χ0) is 29.3. The molecule has 0 spiro atoms. The first-order chi connectivity index (χ1) is 19.0. The zero-order valence-electron chi connectivity index (χ0n) is 23.8. The monoisotopic (exact) mass is 558 g/mol. The number of alkyl carbamates (subject to hydrolysis) is 1. The van der Waals surface area contributed by atoms with Crippen molar-refractivity contribution in [2.24, 2.45) is 11.8 Å². The Hall–Kier alpha value is -4.15. The van der Waals surface area contributed by atoms with Gasteiger partial charge in [0.15, 0.2) is 23.0 Å². The number of methoxy groups -OCH3 is 3. The largest absolute Gasteiger partial charge is 0.493 e. The van der Waals surface area contributed by atoms with Gasteiger partial charge in [0.05, 0.1) is 33.9 Å². The molecule has 11 nitrogen and oxygen atoms in total.